The number of rotatable bonds is 3. The van der Waals surface area contributed by atoms with Crippen molar-refractivity contribution in [3.8, 4) is 0 Å². The lowest BCUT2D eigenvalue weighted by Gasteiger charge is -2.10. The average Bonchev–Trinajstić information content (AvgIpc) is 2.30. The molecule has 0 aromatic heterocycles. The highest BCUT2D eigenvalue weighted by Gasteiger charge is 2.26. The van der Waals surface area contributed by atoms with E-state index < -0.39 is 40.8 Å². The van der Waals surface area contributed by atoms with Crippen molar-refractivity contribution in [1.82, 2.24) is 0 Å². The van der Waals surface area contributed by atoms with Gasteiger partial charge in [0.2, 0.25) is 0 Å². The van der Waals surface area contributed by atoms with Gasteiger partial charge in [-0.05, 0) is 6.07 Å². The quantitative estimate of drug-likeness (QED) is 0.773. The predicted octanol–water partition coefficient (Wildman–Crippen LogP) is 0.869. The first-order chi connectivity index (χ1) is 7.90. The van der Waals surface area contributed by atoms with Crippen LogP contribution >= 0.6 is 0 Å². The van der Waals surface area contributed by atoms with Crippen molar-refractivity contribution in [2.45, 2.75) is 6.10 Å². The van der Waals surface area contributed by atoms with Crippen LogP contribution in [0.2, 0.25) is 0 Å². The highest BCUT2D eigenvalue weighted by atomic mass is 19.2. The molecule has 0 aliphatic carbocycles. The highest BCUT2D eigenvalue weighted by molar-refractivity contribution is 5.88. The number of carboxylic acid groups (broad SMARTS) is 1. The van der Waals surface area contributed by atoms with Crippen molar-refractivity contribution in [2.75, 3.05) is 7.11 Å². The number of ether oxygens (including phenoxy) is 1. The number of carbonyl (C=O) groups excluding carboxylic acids is 1. The topological polar surface area (TPSA) is 83.8 Å². The number of hydrogen-bond donors (Lipinski definition) is 2. The zero-order valence-corrected chi connectivity index (χ0v) is 8.61. The molecule has 0 heterocycles. The van der Waals surface area contributed by atoms with E-state index >= 15 is 0 Å². The third-order valence-electron chi connectivity index (χ3n) is 2.06. The highest BCUT2D eigenvalue weighted by Crippen LogP contribution is 2.22. The van der Waals surface area contributed by atoms with Gasteiger partial charge in [0.1, 0.15) is 0 Å². The Labute approximate surface area is 94.2 Å². The maximum absolute atomic E-state index is 13.4. The fourth-order valence-corrected chi connectivity index (χ4v) is 1.18. The van der Waals surface area contributed by atoms with Gasteiger partial charge in [0.15, 0.2) is 17.7 Å². The van der Waals surface area contributed by atoms with Crippen molar-refractivity contribution in [3.05, 3.63) is 34.9 Å². The van der Waals surface area contributed by atoms with Gasteiger partial charge < -0.3 is 14.9 Å². The minimum Gasteiger partial charge on any atom is -0.478 e. The minimum absolute atomic E-state index is 0.681. The second-order valence-corrected chi connectivity index (χ2v) is 3.06. The van der Waals surface area contributed by atoms with Gasteiger partial charge in [-0.1, -0.05) is 6.07 Å². The van der Waals surface area contributed by atoms with E-state index in [0.717, 1.165) is 19.2 Å². The Hall–Kier alpha value is -2.02. The van der Waals surface area contributed by atoms with E-state index in [4.69, 9.17) is 5.11 Å². The number of hydrogen-bond acceptors (Lipinski definition) is 4. The Morgan fingerprint density at radius 1 is 1.29 bits per heavy atom. The van der Waals surface area contributed by atoms with Gasteiger partial charge in [0.25, 0.3) is 0 Å². The van der Waals surface area contributed by atoms with Gasteiger partial charge in [-0.3, -0.25) is 0 Å². The molecule has 1 rings (SSSR count). The van der Waals surface area contributed by atoms with Crippen LogP contribution in [0.3, 0.4) is 0 Å². The number of methoxy groups -OCH3 is 1. The molecule has 0 aliphatic heterocycles. The number of aliphatic hydroxyl groups excluding tert-OH is 1. The number of carboxylic acids is 1. The minimum atomic E-state index is -2.00. The molecule has 0 saturated heterocycles. The zero-order valence-electron chi connectivity index (χ0n) is 8.61. The Balaban J connectivity index is 3.26. The maximum Gasteiger partial charge on any atom is 0.339 e. The van der Waals surface area contributed by atoms with Gasteiger partial charge in [-0.2, -0.15) is 0 Å². The molecule has 2 N–H and O–H groups in total. The standard InChI is InChI=1S/C10H8F2O5/c1-17-10(16)8(13)4-2-3-5(9(14)15)7(12)6(4)11/h2-3,8,13H,1H3,(H,14,15). The monoisotopic (exact) mass is 246 g/mol. The molecule has 92 valence electrons. The van der Waals surface area contributed by atoms with Crippen LogP contribution in [0.5, 0.6) is 0 Å². The Kier molecular flexibility index (Phi) is 3.74. The van der Waals surface area contributed by atoms with Gasteiger partial charge in [-0.15, -0.1) is 0 Å². The molecule has 0 aliphatic rings. The number of esters is 1. The normalized spacial score (nSPS) is 12.0. The third-order valence-corrected chi connectivity index (χ3v) is 2.06. The van der Waals surface area contributed by atoms with Gasteiger partial charge in [-0.25, -0.2) is 18.4 Å². The molecular weight excluding hydrogens is 238 g/mol. The van der Waals surface area contributed by atoms with Gasteiger partial charge in [0.05, 0.1) is 12.7 Å². The summed E-state index contributed by atoms with van der Waals surface area (Å²) in [6, 6.07) is 1.56. The average molecular weight is 246 g/mol. The Bertz CT molecular complexity index is 472. The van der Waals surface area contributed by atoms with Crippen molar-refractivity contribution in [3.63, 3.8) is 0 Å². The number of benzene rings is 1. The molecule has 0 fully saturated rings. The van der Waals surface area contributed by atoms with Crippen molar-refractivity contribution >= 4 is 11.9 Å². The summed E-state index contributed by atoms with van der Waals surface area (Å²) in [5.41, 5.74) is -1.57. The summed E-state index contributed by atoms with van der Waals surface area (Å²) in [5.74, 6) is -6.06. The molecule has 1 atom stereocenters. The van der Waals surface area contributed by atoms with E-state index in [9.17, 15) is 23.5 Å². The van der Waals surface area contributed by atoms with Gasteiger partial charge in [0, 0.05) is 5.56 Å². The largest absolute Gasteiger partial charge is 0.478 e. The number of aliphatic hydroxyl groups is 1. The Morgan fingerprint density at radius 2 is 1.88 bits per heavy atom. The van der Waals surface area contributed by atoms with E-state index in [-0.39, 0.29) is 0 Å². The molecule has 1 unspecified atom stereocenters. The van der Waals surface area contributed by atoms with Crippen molar-refractivity contribution < 1.29 is 33.3 Å². The Morgan fingerprint density at radius 3 is 2.35 bits per heavy atom. The lowest BCUT2D eigenvalue weighted by atomic mass is 10.1. The van der Waals surface area contributed by atoms with E-state index in [1.54, 1.807) is 0 Å². The van der Waals surface area contributed by atoms with E-state index in [1.165, 1.54) is 0 Å². The summed E-state index contributed by atoms with van der Waals surface area (Å²) in [5, 5.41) is 17.8. The molecule has 0 saturated carbocycles. The van der Waals surface area contributed by atoms with E-state index in [2.05, 4.69) is 4.74 Å². The summed E-state index contributed by atoms with van der Waals surface area (Å²) >= 11 is 0. The molecule has 7 heteroatoms. The maximum atomic E-state index is 13.4. The molecule has 1 aromatic carbocycles. The fourth-order valence-electron chi connectivity index (χ4n) is 1.18. The summed E-state index contributed by atoms with van der Waals surface area (Å²) in [4.78, 5) is 21.4. The second kappa shape index (κ2) is 4.88. The lowest BCUT2D eigenvalue weighted by Crippen LogP contribution is -2.16. The van der Waals surface area contributed by atoms with Crippen LogP contribution in [0.25, 0.3) is 0 Å². The van der Waals surface area contributed by atoms with Crippen LogP contribution in [-0.4, -0.2) is 29.3 Å². The summed E-state index contributed by atoms with van der Waals surface area (Å²) in [6.07, 6.45) is -2.00. The van der Waals surface area contributed by atoms with Crippen LogP contribution < -0.4 is 0 Å². The number of aromatic carboxylic acids is 1. The lowest BCUT2D eigenvalue weighted by molar-refractivity contribution is -0.150. The van der Waals surface area contributed by atoms with Crippen LogP contribution in [-0.2, 0) is 9.53 Å². The first kappa shape index (κ1) is 13.0. The van der Waals surface area contributed by atoms with Crippen LogP contribution in [0.15, 0.2) is 12.1 Å². The van der Waals surface area contributed by atoms with Crippen LogP contribution in [0.1, 0.15) is 22.0 Å². The molecule has 0 spiro atoms. The first-order valence-corrected chi connectivity index (χ1v) is 4.37. The third kappa shape index (κ3) is 2.39. The second-order valence-electron chi connectivity index (χ2n) is 3.06. The number of halogens is 2. The van der Waals surface area contributed by atoms with Crippen molar-refractivity contribution in [2.24, 2.45) is 0 Å². The van der Waals surface area contributed by atoms with E-state index in [0.29, 0.717) is 0 Å². The molecule has 0 radical (unpaired) electrons. The van der Waals surface area contributed by atoms with Crippen molar-refractivity contribution in [1.29, 1.82) is 0 Å². The number of carbonyl (C=O) groups is 2. The van der Waals surface area contributed by atoms with Crippen LogP contribution in [0.4, 0.5) is 8.78 Å². The molecular formula is C10H8F2O5. The van der Waals surface area contributed by atoms with E-state index in [1.807, 2.05) is 0 Å². The summed E-state index contributed by atoms with van der Waals surface area (Å²) < 4.78 is 30.7. The van der Waals surface area contributed by atoms with Crippen LogP contribution in [0, 0.1) is 11.6 Å². The molecule has 0 amide bonds. The smallest absolute Gasteiger partial charge is 0.339 e. The predicted molar refractivity (Wildman–Crippen MR) is 50.3 cm³/mol. The molecule has 1 aromatic rings. The molecule has 0 bridgehead atoms. The molecule has 17 heavy (non-hydrogen) atoms. The fraction of sp³-hybridized carbons (Fsp3) is 0.200. The molecule has 5 nitrogen and oxygen atoms in total. The van der Waals surface area contributed by atoms with Gasteiger partial charge >= 0.3 is 11.9 Å². The SMILES string of the molecule is COC(=O)C(O)c1ccc(C(=O)O)c(F)c1F. The zero-order chi connectivity index (χ0) is 13.2. The summed E-state index contributed by atoms with van der Waals surface area (Å²) in [7, 11) is 0.964. The summed E-state index contributed by atoms with van der Waals surface area (Å²) in [6.45, 7) is 0. The first-order valence-electron chi connectivity index (χ1n) is 4.37.